The zero-order valence-electron chi connectivity index (χ0n) is 15.4. The summed E-state index contributed by atoms with van der Waals surface area (Å²) in [4.78, 5) is 6.72. The summed E-state index contributed by atoms with van der Waals surface area (Å²) in [6.07, 6.45) is 3.55. The third kappa shape index (κ3) is 5.42. The molecular formula is C19H28N2O3Si. The Labute approximate surface area is 151 Å². The molecule has 1 atom stereocenters. The summed E-state index contributed by atoms with van der Waals surface area (Å²) in [5.41, 5.74) is 1.31. The SMILES string of the molecule is C[Si](C)(C)OC(CCc1ccccc1)c1ncc(N2CCOCC2)o1. The molecule has 3 rings (SSSR count). The van der Waals surface area contributed by atoms with E-state index in [1.54, 1.807) is 0 Å². The number of aryl methyl sites for hydroxylation is 1. The number of ether oxygens (including phenoxy) is 1. The molecule has 6 heteroatoms. The average Bonchev–Trinajstić information content (AvgIpc) is 3.09. The number of aromatic nitrogens is 1. The van der Waals surface area contributed by atoms with Crippen LogP contribution in [0.2, 0.25) is 19.6 Å². The predicted molar refractivity (Wildman–Crippen MR) is 101 cm³/mol. The van der Waals surface area contributed by atoms with E-state index in [2.05, 4.69) is 53.8 Å². The van der Waals surface area contributed by atoms with Crippen LogP contribution in [0.15, 0.2) is 40.9 Å². The normalized spacial score (nSPS) is 16.8. The minimum atomic E-state index is -1.71. The first-order valence-electron chi connectivity index (χ1n) is 9.01. The number of oxazole rings is 1. The molecule has 0 aliphatic carbocycles. The quantitative estimate of drug-likeness (QED) is 0.698. The largest absolute Gasteiger partial charge is 0.422 e. The number of morpholine rings is 1. The molecule has 0 bridgehead atoms. The fourth-order valence-corrected chi connectivity index (χ4v) is 4.03. The summed E-state index contributed by atoms with van der Waals surface area (Å²) in [5.74, 6) is 1.52. The van der Waals surface area contributed by atoms with Crippen molar-refractivity contribution in [1.82, 2.24) is 4.98 Å². The van der Waals surface area contributed by atoms with Gasteiger partial charge >= 0.3 is 0 Å². The van der Waals surface area contributed by atoms with Gasteiger partial charge in [-0.3, -0.25) is 0 Å². The van der Waals surface area contributed by atoms with Gasteiger partial charge in [0.05, 0.1) is 19.4 Å². The van der Waals surface area contributed by atoms with Crippen molar-refractivity contribution in [3.05, 3.63) is 48.0 Å². The highest BCUT2D eigenvalue weighted by Gasteiger charge is 2.27. The highest BCUT2D eigenvalue weighted by atomic mass is 28.4. The Morgan fingerprint density at radius 1 is 1.16 bits per heavy atom. The lowest BCUT2D eigenvalue weighted by atomic mass is 10.1. The van der Waals surface area contributed by atoms with Gasteiger partial charge in [0.15, 0.2) is 8.32 Å². The van der Waals surface area contributed by atoms with Crippen LogP contribution >= 0.6 is 0 Å². The molecule has 0 N–H and O–H groups in total. The van der Waals surface area contributed by atoms with E-state index in [4.69, 9.17) is 13.6 Å². The lowest BCUT2D eigenvalue weighted by Gasteiger charge is -2.26. The molecule has 1 aliphatic heterocycles. The molecule has 0 amide bonds. The molecule has 1 unspecified atom stereocenters. The van der Waals surface area contributed by atoms with Gasteiger partial charge in [0.25, 0.3) is 0 Å². The second kappa shape index (κ2) is 8.16. The van der Waals surface area contributed by atoms with Crippen LogP contribution in [0, 0.1) is 0 Å². The van der Waals surface area contributed by atoms with Crippen LogP contribution in [-0.2, 0) is 15.6 Å². The second-order valence-electron chi connectivity index (χ2n) is 7.38. The maximum Gasteiger partial charge on any atom is 0.224 e. The van der Waals surface area contributed by atoms with E-state index in [1.165, 1.54) is 5.56 Å². The lowest BCUT2D eigenvalue weighted by Crippen LogP contribution is -2.35. The molecule has 1 aromatic carbocycles. The van der Waals surface area contributed by atoms with Gasteiger partial charge in [0.1, 0.15) is 6.10 Å². The average molecular weight is 361 g/mol. The van der Waals surface area contributed by atoms with Crippen molar-refractivity contribution in [3.8, 4) is 0 Å². The van der Waals surface area contributed by atoms with Crippen LogP contribution in [0.25, 0.3) is 0 Å². The number of nitrogens with zero attached hydrogens (tertiary/aromatic N) is 2. The Morgan fingerprint density at radius 3 is 2.56 bits per heavy atom. The zero-order valence-corrected chi connectivity index (χ0v) is 16.4. The van der Waals surface area contributed by atoms with Gasteiger partial charge in [-0.25, -0.2) is 4.98 Å². The lowest BCUT2D eigenvalue weighted by molar-refractivity contribution is 0.119. The minimum Gasteiger partial charge on any atom is -0.422 e. The van der Waals surface area contributed by atoms with E-state index in [9.17, 15) is 0 Å². The first-order valence-corrected chi connectivity index (χ1v) is 12.4. The highest BCUT2D eigenvalue weighted by molar-refractivity contribution is 6.69. The number of rotatable bonds is 7. The van der Waals surface area contributed by atoms with Gasteiger partial charge in [-0.2, -0.15) is 0 Å². The molecule has 0 radical (unpaired) electrons. The van der Waals surface area contributed by atoms with Gasteiger partial charge in [-0.15, -0.1) is 0 Å². The zero-order chi connectivity index (χ0) is 17.7. The Bertz CT molecular complexity index is 648. The van der Waals surface area contributed by atoms with Crippen LogP contribution < -0.4 is 4.90 Å². The third-order valence-electron chi connectivity index (χ3n) is 4.14. The molecule has 1 fully saturated rings. The molecule has 1 saturated heterocycles. The van der Waals surface area contributed by atoms with Gasteiger partial charge < -0.3 is 18.5 Å². The molecule has 1 aromatic heterocycles. The minimum absolute atomic E-state index is 0.0957. The highest BCUT2D eigenvalue weighted by Crippen LogP contribution is 2.29. The molecule has 2 aromatic rings. The predicted octanol–water partition coefficient (Wildman–Crippen LogP) is 4.04. The fourth-order valence-electron chi connectivity index (χ4n) is 2.96. The van der Waals surface area contributed by atoms with E-state index in [0.717, 1.165) is 45.0 Å². The number of benzene rings is 1. The van der Waals surface area contributed by atoms with Gasteiger partial charge in [0.2, 0.25) is 11.8 Å². The molecule has 1 aliphatic rings. The topological polar surface area (TPSA) is 47.7 Å². The summed E-state index contributed by atoms with van der Waals surface area (Å²) >= 11 is 0. The number of hydrogen-bond donors (Lipinski definition) is 0. The van der Waals surface area contributed by atoms with Crippen molar-refractivity contribution in [2.75, 3.05) is 31.2 Å². The van der Waals surface area contributed by atoms with Crippen LogP contribution in [0.5, 0.6) is 0 Å². The summed E-state index contributed by atoms with van der Waals surface area (Å²) < 4.78 is 17.9. The maximum absolute atomic E-state index is 6.39. The Balaban J connectivity index is 1.71. The Morgan fingerprint density at radius 2 is 1.88 bits per heavy atom. The standard InChI is InChI=1S/C19H28N2O3Si/c1-25(2,3)24-17(10-9-16-7-5-4-6-8-16)19-20-15-18(23-19)21-11-13-22-14-12-21/h4-8,15,17H,9-14H2,1-3H3. The van der Waals surface area contributed by atoms with Crippen molar-refractivity contribution < 1.29 is 13.6 Å². The van der Waals surface area contributed by atoms with E-state index in [-0.39, 0.29) is 6.10 Å². The number of hydrogen-bond acceptors (Lipinski definition) is 5. The van der Waals surface area contributed by atoms with Crippen LogP contribution in [0.3, 0.4) is 0 Å². The monoisotopic (exact) mass is 360 g/mol. The molecule has 0 spiro atoms. The molecule has 136 valence electrons. The van der Waals surface area contributed by atoms with Crippen LogP contribution in [0.1, 0.15) is 24.0 Å². The van der Waals surface area contributed by atoms with Crippen LogP contribution in [0.4, 0.5) is 5.88 Å². The van der Waals surface area contributed by atoms with Gasteiger partial charge in [-0.1, -0.05) is 30.3 Å². The second-order valence-corrected chi connectivity index (χ2v) is 11.8. The van der Waals surface area contributed by atoms with E-state index in [0.29, 0.717) is 5.89 Å². The summed E-state index contributed by atoms with van der Waals surface area (Å²) in [6, 6.07) is 10.5. The molecule has 5 nitrogen and oxygen atoms in total. The Hall–Kier alpha value is -1.63. The van der Waals surface area contributed by atoms with Crippen molar-refractivity contribution >= 4 is 14.2 Å². The van der Waals surface area contributed by atoms with Crippen molar-refractivity contribution in [2.24, 2.45) is 0 Å². The van der Waals surface area contributed by atoms with Crippen molar-refractivity contribution in [2.45, 2.75) is 38.6 Å². The van der Waals surface area contributed by atoms with Crippen LogP contribution in [-0.4, -0.2) is 39.6 Å². The first-order chi connectivity index (χ1) is 12.0. The molecule has 0 saturated carbocycles. The Kier molecular flexibility index (Phi) is 5.93. The summed E-state index contributed by atoms with van der Waals surface area (Å²) in [7, 11) is -1.71. The molecule has 2 heterocycles. The van der Waals surface area contributed by atoms with Crippen molar-refractivity contribution in [1.29, 1.82) is 0 Å². The fraction of sp³-hybridized carbons (Fsp3) is 0.526. The summed E-state index contributed by atoms with van der Waals surface area (Å²) in [6.45, 7) is 9.77. The van der Waals surface area contributed by atoms with Crippen molar-refractivity contribution in [3.63, 3.8) is 0 Å². The molecular weight excluding hydrogens is 332 g/mol. The number of anilines is 1. The third-order valence-corrected chi connectivity index (χ3v) is 5.14. The van der Waals surface area contributed by atoms with E-state index >= 15 is 0 Å². The smallest absolute Gasteiger partial charge is 0.224 e. The van der Waals surface area contributed by atoms with Gasteiger partial charge in [-0.05, 0) is 38.0 Å². The maximum atomic E-state index is 6.39. The summed E-state index contributed by atoms with van der Waals surface area (Å²) in [5, 5.41) is 0. The molecule has 25 heavy (non-hydrogen) atoms. The van der Waals surface area contributed by atoms with E-state index in [1.807, 2.05) is 12.3 Å². The first kappa shape index (κ1) is 18.2. The van der Waals surface area contributed by atoms with Gasteiger partial charge in [0, 0.05) is 13.1 Å². The van der Waals surface area contributed by atoms with E-state index < -0.39 is 8.32 Å².